The molecule has 1 saturated carbocycles. The number of hydrogen-bond acceptors (Lipinski definition) is 4. The number of aromatic hydroxyl groups is 1. The third-order valence-corrected chi connectivity index (χ3v) is 4.88. The molecular weight excluding hydrogens is 282 g/mol. The van der Waals surface area contributed by atoms with Crippen molar-refractivity contribution in [2.75, 3.05) is 0 Å². The SMILES string of the molecule is CCCC1CC1NS(=O)(=O)c1ccc(O)c(C(=O)O)c1. The normalized spacial score (nSPS) is 21.6. The Labute approximate surface area is 117 Å². The van der Waals surface area contributed by atoms with Gasteiger partial charge in [-0.3, -0.25) is 0 Å². The van der Waals surface area contributed by atoms with Crippen LogP contribution in [0.3, 0.4) is 0 Å². The largest absolute Gasteiger partial charge is 0.507 e. The van der Waals surface area contributed by atoms with E-state index < -0.39 is 27.3 Å². The fourth-order valence-electron chi connectivity index (χ4n) is 2.20. The monoisotopic (exact) mass is 299 g/mol. The van der Waals surface area contributed by atoms with Gasteiger partial charge in [0.15, 0.2) is 0 Å². The number of hydrogen-bond donors (Lipinski definition) is 3. The Kier molecular flexibility index (Phi) is 4.01. The van der Waals surface area contributed by atoms with Crippen molar-refractivity contribution >= 4 is 16.0 Å². The van der Waals surface area contributed by atoms with Crippen LogP contribution < -0.4 is 4.72 Å². The number of benzene rings is 1. The van der Waals surface area contributed by atoms with Crippen LogP contribution in [-0.4, -0.2) is 30.6 Å². The van der Waals surface area contributed by atoms with Gasteiger partial charge in [-0.15, -0.1) is 0 Å². The Hall–Kier alpha value is -1.60. The molecule has 0 aromatic heterocycles. The predicted octanol–water partition coefficient (Wildman–Crippen LogP) is 1.56. The lowest BCUT2D eigenvalue weighted by atomic mass is 10.2. The third-order valence-electron chi connectivity index (χ3n) is 3.40. The minimum absolute atomic E-state index is 0.0676. The highest BCUT2D eigenvalue weighted by molar-refractivity contribution is 7.89. The third kappa shape index (κ3) is 3.10. The van der Waals surface area contributed by atoms with Gasteiger partial charge in [-0.05, 0) is 37.0 Å². The van der Waals surface area contributed by atoms with E-state index in [1.165, 1.54) is 6.07 Å². The summed E-state index contributed by atoms with van der Waals surface area (Å²) in [5.41, 5.74) is -0.422. The molecule has 20 heavy (non-hydrogen) atoms. The zero-order valence-electron chi connectivity index (χ0n) is 11.0. The van der Waals surface area contributed by atoms with E-state index in [0.29, 0.717) is 5.92 Å². The van der Waals surface area contributed by atoms with E-state index >= 15 is 0 Å². The number of carbonyl (C=O) groups is 1. The zero-order chi connectivity index (χ0) is 14.9. The zero-order valence-corrected chi connectivity index (χ0v) is 11.9. The van der Waals surface area contributed by atoms with Crippen molar-refractivity contribution in [2.24, 2.45) is 5.92 Å². The Morgan fingerprint density at radius 1 is 1.45 bits per heavy atom. The van der Waals surface area contributed by atoms with Gasteiger partial charge in [0.05, 0.1) is 4.90 Å². The smallest absolute Gasteiger partial charge is 0.339 e. The lowest BCUT2D eigenvalue weighted by Gasteiger charge is -2.08. The summed E-state index contributed by atoms with van der Waals surface area (Å²) in [7, 11) is -3.75. The molecule has 0 heterocycles. The highest BCUT2D eigenvalue weighted by Gasteiger charge is 2.39. The molecule has 0 aliphatic heterocycles. The topological polar surface area (TPSA) is 104 Å². The maximum Gasteiger partial charge on any atom is 0.339 e. The molecule has 6 nitrogen and oxygen atoms in total. The minimum atomic E-state index is -3.75. The molecule has 0 radical (unpaired) electrons. The second-order valence-electron chi connectivity index (χ2n) is 5.00. The maximum absolute atomic E-state index is 12.1. The van der Waals surface area contributed by atoms with Crippen LogP contribution in [0.4, 0.5) is 0 Å². The number of sulfonamides is 1. The van der Waals surface area contributed by atoms with Gasteiger partial charge in [-0.1, -0.05) is 13.3 Å². The van der Waals surface area contributed by atoms with E-state index in [9.17, 15) is 18.3 Å². The molecule has 3 N–H and O–H groups in total. The van der Waals surface area contributed by atoms with Crippen LogP contribution in [0, 0.1) is 5.92 Å². The van der Waals surface area contributed by atoms with Crippen molar-refractivity contribution in [1.29, 1.82) is 0 Å². The summed E-state index contributed by atoms with van der Waals surface area (Å²) >= 11 is 0. The van der Waals surface area contributed by atoms with Crippen LogP contribution in [0.1, 0.15) is 36.5 Å². The molecule has 1 aliphatic carbocycles. The van der Waals surface area contributed by atoms with E-state index in [1.807, 2.05) is 6.92 Å². The fourth-order valence-corrected chi connectivity index (χ4v) is 3.55. The van der Waals surface area contributed by atoms with E-state index in [0.717, 1.165) is 31.4 Å². The van der Waals surface area contributed by atoms with Gasteiger partial charge in [0.2, 0.25) is 10.0 Å². The first-order valence-electron chi connectivity index (χ1n) is 6.43. The molecule has 1 aliphatic rings. The molecule has 2 unspecified atom stereocenters. The van der Waals surface area contributed by atoms with E-state index in [2.05, 4.69) is 4.72 Å². The van der Waals surface area contributed by atoms with Crippen LogP contribution >= 0.6 is 0 Å². The molecule has 0 bridgehead atoms. The fraction of sp³-hybridized carbons (Fsp3) is 0.462. The second-order valence-corrected chi connectivity index (χ2v) is 6.71. The van der Waals surface area contributed by atoms with Gasteiger partial charge in [0, 0.05) is 6.04 Å². The lowest BCUT2D eigenvalue weighted by molar-refractivity contribution is 0.0693. The van der Waals surface area contributed by atoms with E-state index in [-0.39, 0.29) is 10.9 Å². The van der Waals surface area contributed by atoms with Crippen LogP contribution in [-0.2, 0) is 10.0 Å². The summed E-state index contributed by atoms with van der Waals surface area (Å²) in [6.45, 7) is 2.04. The summed E-state index contributed by atoms with van der Waals surface area (Å²) in [5.74, 6) is -1.45. The predicted molar refractivity (Wildman–Crippen MR) is 72.2 cm³/mol. The molecule has 2 rings (SSSR count). The molecule has 1 fully saturated rings. The van der Waals surface area contributed by atoms with E-state index in [1.54, 1.807) is 0 Å². The van der Waals surface area contributed by atoms with Gasteiger partial charge in [-0.25, -0.2) is 17.9 Å². The Balaban J connectivity index is 2.18. The van der Waals surface area contributed by atoms with Crippen molar-refractivity contribution in [3.63, 3.8) is 0 Å². The lowest BCUT2D eigenvalue weighted by Crippen LogP contribution is -2.27. The number of nitrogens with one attached hydrogen (secondary N) is 1. The highest BCUT2D eigenvalue weighted by atomic mass is 32.2. The van der Waals surface area contributed by atoms with Gasteiger partial charge >= 0.3 is 5.97 Å². The first-order valence-corrected chi connectivity index (χ1v) is 7.92. The second kappa shape index (κ2) is 5.41. The van der Waals surface area contributed by atoms with Crippen molar-refractivity contribution in [2.45, 2.75) is 37.1 Å². The van der Waals surface area contributed by atoms with Crippen molar-refractivity contribution in [1.82, 2.24) is 4.72 Å². The molecule has 110 valence electrons. The number of aromatic carboxylic acids is 1. The highest BCUT2D eigenvalue weighted by Crippen LogP contribution is 2.35. The molecule has 0 saturated heterocycles. The molecule has 0 spiro atoms. The first kappa shape index (κ1) is 14.8. The quantitative estimate of drug-likeness (QED) is 0.739. The summed E-state index contributed by atoms with van der Waals surface area (Å²) < 4.78 is 26.8. The van der Waals surface area contributed by atoms with Crippen LogP contribution in [0.25, 0.3) is 0 Å². The number of phenols is 1. The van der Waals surface area contributed by atoms with E-state index in [4.69, 9.17) is 5.11 Å². The van der Waals surface area contributed by atoms with Gasteiger partial charge in [0.25, 0.3) is 0 Å². The van der Waals surface area contributed by atoms with Crippen molar-refractivity contribution in [3.8, 4) is 5.75 Å². The van der Waals surface area contributed by atoms with Crippen LogP contribution in [0.5, 0.6) is 5.75 Å². The Morgan fingerprint density at radius 3 is 2.75 bits per heavy atom. The molecule has 1 aromatic carbocycles. The standard InChI is InChI=1S/C13H17NO5S/c1-2-3-8-6-11(8)14-20(18,19)9-4-5-12(15)10(7-9)13(16)17/h4-5,7-8,11,14-15H,2-3,6H2,1H3,(H,16,17). The Bertz CT molecular complexity index is 626. The summed E-state index contributed by atoms with van der Waals surface area (Å²) in [4.78, 5) is 10.8. The number of carboxylic acid groups (broad SMARTS) is 1. The van der Waals surface area contributed by atoms with Crippen LogP contribution in [0.15, 0.2) is 23.1 Å². The summed E-state index contributed by atoms with van der Waals surface area (Å²) in [5, 5.41) is 18.3. The van der Waals surface area contributed by atoms with Gasteiger partial charge in [-0.2, -0.15) is 0 Å². The average molecular weight is 299 g/mol. The molecule has 2 atom stereocenters. The summed E-state index contributed by atoms with van der Waals surface area (Å²) in [6, 6.07) is 3.18. The van der Waals surface area contributed by atoms with Gasteiger partial charge in [0.1, 0.15) is 11.3 Å². The van der Waals surface area contributed by atoms with Crippen molar-refractivity contribution in [3.05, 3.63) is 23.8 Å². The van der Waals surface area contributed by atoms with Crippen molar-refractivity contribution < 1.29 is 23.4 Å². The molecule has 7 heteroatoms. The molecule has 1 aromatic rings. The maximum atomic E-state index is 12.1. The number of carboxylic acids is 1. The number of rotatable bonds is 6. The molecule has 0 amide bonds. The van der Waals surface area contributed by atoms with Crippen LogP contribution in [0.2, 0.25) is 0 Å². The molecular formula is C13H17NO5S. The average Bonchev–Trinajstić information content (AvgIpc) is 3.06. The minimum Gasteiger partial charge on any atom is -0.507 e. The summed E-state index contributed by atoms with van der Waals surface area (Å²) in [6.07, 6.45) is 2.80. The van der Waals surface area contributed by atoms with Gasteiger partial charge < -0.3 is 10.2 Å². The Morgan fingerprint density at radius 2 is 2.15 bits per heavy atom. The first-order chi connectivity index (χ1) is 9.35.